The Labute approximate surface area is 206 Å². The van der Waals surface area contributed by atoms with E-state index in [0.29, 0.717) is 43.2 Å². The predicted octanol–water partition coefficient (Wildman–Crippen LogP) is 5.11. The summed E-state index contributed by atoms with van der Waals surface area (Å²) in [6.07, 6.45) is 2.70. The number of quaternary nitrogens is 1. The highest BCUT2D eigenvalue weighted by molar-refractivity contribution is 5.80. The van der Waals surface area contributed by atoms with Gasteiger partial charge in [0.25, 0.3) is 5.90 Å². The maximum Gasteiger partial charge on any atom is 0.433 e. The van der Waals surface area contributed by atoms with Crippen molar-refractivity contribution in [2.45, 2.75) is 19.4 Å². The number of rotatable bonds is 7. The number of halogens is 1. The van der Waals surface area contributed by atoms with E-state index in [1.54, 1.807) is 12.1 Å². The van der Waals surface area contributed by atoms with Crippen molar-refractivity contribution in [1.29, 1.82) is 0 Å². The van der Waals surface area contributed by atoms with E-state index < -0.39 is 15.5 Å². The van der Waals surface area contributed by atoms with Gasteiger partial charge in [-0.1, -0.05) is 30.3 Å². The highest BCUT2D eigenvalue weighted by Crippen LogP contribution is 2.31. The number of hydrogen-bond acceptors (Lipinski definition) is 8. The molecule has 1 atom stereocenters. The quantitative estimate of drug-likeness (QED) is 0.148. The van der Waals surface area contributed by atoms with Crippen LogP contribution < -0.4 is 4.90 Å². The van der Waals surface area contributed by atoms with Crippen LogP contribution in [0.4, 0.5) is 21.6 Å². The third kappa shape index (κ3) is 5.26. The van der Waals surface area contributed by atoms with Gasteiger partial charge in [-0.3, -0.25) is 15.1 Å². The Morgan fingerprint density at radius 2 is 1.94 bits per heavy atom. The Bertz CT molecular complexity index is 1300. The minimum Gasteiger partial charge on any atom is -0.602 e. The molecule has 0 bridgehead atoms. The molecule has 0 spiro atoms. The van der Waals surface area contributed by atoms with Crippen molar-refractivity contribution in [2.75, 3.05) is 24.7 Å². The van der Waals surface area contributed by atoms with Crippen molar-refractivity contribution in [2.24, 2.45) is 16.0 Å². The van der Waals surface area contributed by atoms with Crippen molar-refractivity contribution in [3.8, 4) is 0 Å². The van der Waals surface area contributed by atoms with Crippen molar-refractivity contribution in [3.63, 3.8) is 0 Å². The third-order valence-corrected chi connectivity index (χ3v) is 6.22. The Morgan fingerprint density at radius 3 is 2.64 bits per heavy atom. The first-order chi connectivity index (χ1) is 17.4. The van der Waals surface area contributed by atoms with Gasteiger partial charge in [-0.25, -0.2) is 4.39 Å². The summed E-state index contributed by atoms with van der Waals surface area (Å²) < 4.78 is 24.8. The molecule has 186 valence electrons. The molecule has 2 aliphatic rings. The average molecular weight is 493 g/mol. The van der Waals surface area contributed by atoms with Gasteiger partial charge in [0.05, 0.1) is 23.7 Å². The minimum absolute atomic E-state index is 0.0234. The number of benzene rings is 2. The molecule has 1 unspecified atom stereocenters. The zero-order valence-electron chi connectivity index (χ0n) is 19.3. The number of nitro groups is 1. The lowest BCUT2D eigenvalue weighted by atomic mass is 9.96. The van der Waals surface area contributed by atoms with E-state index in [1.165, 1.54) is 24.4 Å². The molecule has 5 rings (SSSR count). The second-order valence-electron chi connectivity index (χ2n) is 8.79. The fourth-order valence-corrected chi connectivity index (χ4v) is 4.40. The van der Waals surface area contributed by atoms with Gasteiger partial charge < -0.3 is 19.3 Å². The van der Waals surface area contributed by atoms with Crippen LogP contribution in [0.3, 0.4) is 0 Å². The molecule has 0 aliphatic carbocycles. The van der Waals surface area contributed by atoms with E-state index in [0.717, 1.165) is 5.56 Å². The smallest absolute Gasteiger partial charge is 0.433 e. The van der Waals surface area contributed by atoms with Crippen LogP contribution in [0.5, 0.6) is 0 Å². The largest absolute Gasteiger partial charge is 0.602 e. The van der Waals surface area contributed by atoms with Crippen LogP contribution in [0.25, 0.3) is 0 Å². The van der Waals surface area contributed by atoms with E-state index in [9.17, 15) is 19.7 Å². The topological polar surface area (TPSA) is 117 Å². The van der Waals surface area contributed by atoms with Crippen LogP contribution >= 0.6 is 0 Å². The van der Waals surface area contributed by atoms with E-state index >= 15 is 0 Å². The summed E-state index contributed by atoms with van der Waals surface area (Å²) in [4.78, 5) is 16.2. The SMILES string of the molecule is O=[N+]([O-])c1ccc(C=Nc2ccc(N3CCC(C4=N[N+]([O-])(Cc5ccccc5)CO4)CC3)c(F)c2)o1. The van der Waals surface area contributed by atoms with Gasteiger partial charge in [0.15, 0.2) is 5.76 Å². The van der Waals surface area contributed by atoms with Crippen LogP contribution in [0, 0.1) is 27.1 Å². The van der Waals surface area contributed by atoms with Gasteiger partial charge in [-0.05, 0) is 36.1 Å². The van der Waals surface area contributed by atoms with Gasteiger partial charge in [0.2, 0.25) is 6.73 Å². The summed E-state index contributed by atoms with van der Waals surface area (Å²) in [5.74, 6) is -0.0820. The number of hydrogen-bond donors (Lipinski definition) is 0. The average Bonchev–Trinajstić information content (AvgIpc) is 3.51. The van der Waals surface area contributed by atoms with Crippen LogP contribution in [-0.4, -0.2) is 41.6 Å². The number of ether oxygens (including phenoxy) is 1. The van der Waals surface area contributed by atoms with Gasteiger partial charge in [-0.15, -0.1) is 0 Å². The first kappa shape index (κ1) is 23.6. The maximum absolute atomic E-state index is 14.9. The van der Waals surface area contributed by atoms with Crippen molar-refractivity contribution < 1.29 is 23.2 Å². The molecule has 10 nitrogen and oxygen atoms in total. The first-order valence-electron chi connectivity index (χ1n) is 11.6. The molecule has 0 radical (unpaired) electrons. The van der Waals surface area contributed by atoms with Crippen molar-refractivity contribution in [3.05, 3.63) is 93.1 Å². The number of anilines is 1. The Balaban J connectivity index is 1.19. The van der Waals surface area contributed by atoms with E-state index in [4.69, 9.17) is 9.15 Å². The standard InChI is InChI=1S/C25H24FN5O5/c26-22-14-20(27-15-21-7-9-24(36-21)30(32)33)6-8-23(22)29-12-10-19(11-13-29)25-28-31(34,17-35-25)16-18-4-2-1-3-5-18/h1-9,14-15,19H,10-13,16-17H2. The van der Waals surface area contributed by atoms with Crippen molar-refractivity contribution >= 4 is 29.4 Å². The second-order valence-corrected chi connectivity index (χ2v) is 8.79. The lowest BCUT2D eigenvalue weighted by Crippen LogP contribution is -2.37. The fraction of sp³-hybridized carbons (Fsp3) is 0.280. The first-order valence-corrected chi connectivity index (χ1v) is 11.6. The maximum atomic E-state index is 14.9. The summed E-state index contributed by atoms with van der Waals surface area (Å²) >= 11 is 0. The molecule has 2 aromatic carbocycles. The molecule has 2 aliphatic heterocycles. The van der Waals surface area contributed by atoms with Gasteiger partial charge in [0, 0.05) is 30.6 Å². The van der Waals surface area contributed by atoms with Crippen LogP contribution in [0.15, 0.2) is 75.2 Å². The summed E-state index contributed by atoms with van der Waals surface area (Å²) in [6.45, 7) is 1.38. The predicted molar refractivity (Wildman–Crippen MR) is 131 cm³/mol. The molecular formula is C25H24FN5O5. The Hall–Kier alpha value is -4.09. The molecular weight excluding hydrogens is 469 g/mol. The molecule has 36 heavy (non-hydrogen) atoms. The lowest BCUT2D eigenvalue weighted by molar-refractivity contribution is -0.907. The van der Waals surface area contributed by atoms with E-state index in [2.05, 4.69) is 10.1 Å². The minimum atomic E-state index is -0.776. The molecule has 1 aromatic heterocycles. The Morgan fingerprint density at radius 1 is 1.17 bits per heavy atom. The van der Waals surface area contributed by atoms with Gasteiger partial charge in [-0.2, -0.15) is 4.76 Å². The molecule has 3 aromatic rings. The van der Waals surface area contributed by atoms with Crippen LogP contribution in [-0.2, 0) is 11.3 Å². The normalized spacial score (nSPS) is 20.5. The monoisotopic (exact) mass is 493 g/mol. The molecule has 3 heterocycles. The van der Waals surface area contributed by atoms with Gasteiger partial charge in [0.1, 0.15) is 17.3 Å². The van der Waals surface area contributed by atoms with Gasteiger partial charge >= 0.3 is 5.88 Å². The molecule has 11 heteroatoms. The number of furan rings is 1. The molecule has 1 saturated heterocycles. The number of nitrogens with zero attached hydrogens (tertiary/aromatic N) is 5. The van der Waals surface area contributed by atoms with E-state index in [-0.39, 0.29) is 30.8 Å². The van der Waals surface area contributed by atoms with Crippen LogP contribution in [0.2, 0.25) is 0 Å². The number of piperidine rings is 1. The fourth-order valence-electron chi connectivity index (χ4n) is 4.40. The third-order valence-electron chi connectivity index (χ3n) is 6.22. The lowest BCUT2D eigenvalue weighted by Gasteiger charge is -2.32. The molecule has 0 saturated carbocycles. The summed E-state index contributed by atoms with van der Waals surface area (Å²) in [6, 6.07) is 16.8. The second kappa shape index (κ2) is 9.88. The highest BCUT2D eigenvalue weighted by atomic mass is 19.1. The summed E-state index contributed by atoms with van der Waals surface area (Å²) in [5.41, 5.74) is 1.74. The van der Waals surface area contributed by atoms with Crippen LogP contribution in [0.1, 0.15) is 24.2 Å². The zero-order valence-corrected chi connectivity index (χ0v) is 19.3. The van der Waals surface area contributed by atoms with E-state index in [1.807, 2.05) is 35.2 Å². The molecule has 1 fully saturated rings. The number of hydroxylamine groups is 2. The number of aliphatic imine (C=N–C) groups is 1. The van der Waals surface area contributed by atoms with Crippen molar-refractivity contribution in [1.82, 2.24) is 0 Å². The highest BCUT2D eigenvalue weighted by Gasteiger charge is 2.35. The summed E-state index contributed by atoms with van der Waals surface area (Å²) in [5, 5.41) is 28.0. The summed E-state index contributed by atoms with van der Waals surface area (Å²) in [7, 11) is 0. The zero-order chi connectivity index (χ0) is 25.1. The molecule has 0 amide bonds. The molecule has 0 N–H and O–H groups in total. The Kier molecular flexibility index (Phi) is 6.49.